The number of para-hydroxylation sites is 1. The van der Waals surface area contributed by atoms with Gasteiger partial charge in [0.25, 0.3) is 0 Å². The Hall–Kier alpha value is -3.46. The predicted octanol–water partition coefficient (Wildman–Crippen LogP) is 5.20. The lowest BCUT2D eigenvalue weighted by Gasteiger charge is -2.47. The average Bonchev–Trinajstić information content (AvgIpc) is 3.23. The SMILES string of the molecule is Cc1cccc(-c2cccc(N3CC[C@H](C(=O)O)[C@@H]4OCCC[C@H]43)n2)c1OCc1ccc2c(c1C)CCN(C1COC1)CC2. The number of pyridine rings is 1. The molecule has 232 valence electrons. The standard InChI is InChI=1S/C36H43N3O5/c1-23-6-3-7-29(31-8-4-10-33(37-31)39-18-15-30(36(40)41)35-32(39)9-5-19-43-35)34(23)44-20-26-12-11-25-13-16-38(27-21-42-22-27)17-14-28(25)24(26)2/h3-4,6-8,10-12,27,30,32,35H,5,9,13-22H2,1-2H3,(H,40,41)/t30-,32+,35-/m0/s1. The highest BCUT2D eigenvalue weighted by molar-refractivity contribution is 5.72. The van der Waals surface area contributed by atoms with Crippen molar-refractivity contribution >= 4 is 11.8 Å². The van der Waals surface area contributed by atoms with Gasteiger partial charge in [0.2, 0.25) is 0 Å². The number of hydrogen-bond acceptors (Lipinski definition) is 7. The quantitative estimate of drug-likeness (QED) is 0.398. The molecule has 44 heavy (non-hydrogen) atoms. The Bertz CT molecular complexity index is 1520. The average molecular weight is 598 g/mol. The van der Waals surface area contributed by atoms with Gasteiger partial charge in [-0.3, -0.25) is 9.69 Å². The molecule has 0 bridgehead atoms. The second-order valence-corrected chi connectivity index (χ2v) is 12.8. The van der Waals surface area contributed by atoms with Gasteiger partial charge in [-0.15, -0.1) is 0 Å². The van der Waals surface area contributed by atoms with E-state index >= 15 is 0 Å². The van der Waals surface area contributed by atoms with E-state index in [1.807, 2.05) is 18.2 Å². The lowest BCUT2D eigenvalue weighted by molar-refractivity contribution is -0.152. The minimum atomic E-state index is -0.764. The van der Waals surface area contributed by atoms with E-state index in [0.29, 0.717) is 32.2 Å². The van der Waals surface area contributed by atoms with E-state index in [-0.39, 0.29) is 12.1 Å². The molecule has 0 aliphatic carbocycles. The summed E-state index contributed by atoms with van der Waals surface area (Å²) in [5.41, 5.74) is 8.41. The maximum Gasteiger partial charge on any atom is 0.309 e. The highest BCUT2D eigenvalue weighted by atomic mass is 16.5. The van der Waals surface area contributed by atoms with E-state index in [1.54, 1.807) is 0 Å². The van der Waals surface area contributed by atoms with Gasteiger partial charge < -0.3 is 24.2 Å². The van der Waals surface area contributed by atoms with Gasteiger partial charge in [-0.2, -0.15) is 0 Å². The molecule has 4 aliphatic rings. The number of anilines is 1. The van der Waals surface area contributed by atoms with Gasteiger partial charge in [-0.05, 0) is 92.0 Å². The number of benzene rings is 2. The maximum atomic E-state index is 11.9. The molecule has 3 fully saturated rings. The number of piperidine rings is 1. The second kappa shape index (κ2) is 12.5. The molecule has 1 N–H and O–H groups in total. The molecule has 4 aliphatic heterocycles. The van der Waals surface area contributed by atoms with Crippen LogP contribution >= 0.6 is 0 Å². The van der Waals surface area contributed by atoms with Crippen molar-refractivity contribution in [1.82, 2.24) is 9.88 Å². The van der Waals surface area contributed by atoms with Crippen LogP contribution in [0.2, 0.25) is 0 Å². The van der Waals surface area contributed by atoms with E-state index in [9.17, 15) is 9.90 Å². The van der Waals surface area contributed by atoms with Crippen LogP contribution in [0.3, 0.4) is 0 Å². The number of aryl methyl sites for hydroxylation is 1. The van der Waals surface area contributed by atoms with Crippen LogP contribution in [0, 0.1) is 19.8 Å². The first-order valence-electron chi connectivity index (χ1n) is 16.2. The molecule has 7 rings (SSSR count). The van der Waals surface area contributed by atoms with Crippen LogP contribution in [0.5, 0.6) is 5.75 Å². The summed E-state index contributed by atoms with van der Waals surface area (Å²) in [6, 6.07) is 17.5. The molecule has 0 unspecified atom stereocenters. The monoisotopic (exact) mass is 597 g/mol. The summed E-state index contributed by atoms with van der Waals surface area (Å²) in [6.45, 7) is 10.0. The van der Waals surface area contributed by atoms with Crippen molar-refractivity contribution in [2.75, 3.05) is 44.4 Å². The van der Waals surface area contributed by atoms with E-state index in [4.69, 9.17) is 19.2 Å². The lowest BCUT2D eigenvalue weighted by atomic mass is 9.84. The van der Waals surface area contributed by atoms with Gasteiger partial charge >= 0.3 is 5.97 Å². The summed E-state index contributed by atoms with van der Waals surface area (Å²) < 4.78 is 18.1. The fourth-order valence-corrected chi connectivity index (χ4v) is 7.62. The summed E-state index contributed by atoms with van der Waals surface area (Å²) in [5.74, 6) is 0.485. The van der Waals surface area contributed by atoms with Crippen LogP contribution in [-0.4, -0.2) is 78.6 Å². The van der Waals surface area contributed by atoms with Crippen molar-refractivity contribution in [2.45, 2.75) is 70.7 Å². The summed E-state index contributed by atoms with van der Waals surface area (Å²) in [5, 5.41) is 9.81. The topological polar surface area (TPSA) is 84.4 Å². The number of rotatable bonds is 7. The van der Waals surface area contributed by atoms with Gasteiger partial charge in [0.1, 0.15) is 18.2 Å². The highest BCUT2D eigenvalue weighted by Crippen LogP contribution is 2.38. The molecule has 8 heteroatoms. The maximum absolute atomic E-state index is 11.9. The van der Waals surface area contributed by atoms with Crippen molar-refractivity contribution in [2.24, 2.45) is 5.92 Å². The molecule has 8 nitrogen and oxygen atoms in total. The van der Waals surface area contributed by atoms with E-state index < -0.39 is 11.9 Å². The largest absolute Gasteiger partial charge is 0.488 e. The number of ether oxygens (including phenoxy) is 3. The Labute approximate surface area is 259 Å². The summed E-state index contributed by atoms with van der Waals surface area (Å²) in [7, 11) is 0. The van der Waals surface area contributed by atoms with Gasteiger partial charge in [-0.25, -0.2) is 4.98 Å². The Kier molecular flexibility index (Phi) is 8.31. The van der Waals surface area contributed by atoms with E-state index in [0.717, 1.165) is 80.4 Å². The molecule has 0 saturated carbocycles. The summed E-state index contributed by atoms with van der Waals surface area (Å²) >= 11 is 0. The van der Waals surface area contributed by atoms with Gasteiger partial charge in [0.05, 0.1) is 43.0 Å². The number of hydrogen-bond donors (Lipinski definition) is 1. The first-order chi connectivity index (χ1) is 21.5. The van der Waals surface area contributed by atoms with Crippen molar-refractivity contribution in [3.8, 4) is 17.0 Å². The fraction of sp³-hybridized carbons (Fsp3) is 0.500. The zero-order valence-electron chi connectivity index (χ0n) is 25.8. The Balaban J connectivity index is 1.11. The number of nitrogens with zero attached hydrogens (tertiary/aromatic N) is 3. The first-order valence-corrected chi connectivity index (χ1v) is 16.2. The van der Waals surface area contributed by atoms with Crippen molar-refractivity contribution < 1.29 is 24.1 Å². The third-order valence-electron chi connectivity index (χ3n) is 10.3. The van der Waals surface area contributed by atoms with Crippen LogP contribution in [0.15, 0.2) is 48.5 Å². The van der Waals surface area contributed by atoms with Crippen molar-refractivity contribution in [1.29, 1.82) is 0 Å². The Morgan fingerprint density at radius 2 is 1.86 bits per heavy atom. The second-order valence-electron chi connectivity index (χ2n) is 12.8. The van der Waals surface area contributed by atoms with Gasteiger partial charge in [0.15, 0.2) is 0 Å². The van der Waals surface area contributed by atoms with E-state index in [2.05, 4.69) is 54.0 Å². The lowest BCUT2D eigenvalue weighted by Crippen LogP contribution is -2.57. The number of aromatic nitrogens is 1. The molecule has 0 amide bonds. The number of carboxylic acids is 1. The van der Waals surface area contributed by atoms with Crippen LogP contribution in [0.4, 0.5) is 5.82 Å². The zero-order chi connectivity index (χ0) is 30.2. The molecular formula is C36H43N3O5. The molecule has 1 aromatic heterocycles. The molecule has 0 radical (unpaired) electrons. The predicted molar refractivity (Wildman–Crippen MR) is 169 cm³/mol. The molecular weight excluding hydrogens is 554 g/mol. The zero-order valence-corrected chi connectivity index (χ0v) is 25.8. The van der Waals surface area contributed by atoms with Crippen molar-refractivity contribution in [3.05, 3.63) is 76.3 Å². The Morgan fingerprint density at radius 3 is 2.68 bits per heavy atom. The molecule has 3 aromatic rings. The summed E-state index contributed by atoms with van der Waals surface area (Å²) in [4.78, 5) is 21.9. The van der Waals surface area contributed by atoms with Crippen molar-refractivity contribution in [3.63, 3.8) is 0 Å². The minimum absolute atomic E-state index is 0.0138. The molecule has 0 spiro atoms. The highest BCUT2D eigenvalue weighted by Gasteiger charge is 2.44. The number of fused-ring (bicyclic) bond motifs is 2. The molecule has 3 saturated heterocycles. The smallest absolute Gasteiger partial charge is 0.309 e. The minimum Gasteiger partial charge on any atom is -0.488 e. The number of carboxylic acid groups (broad SMARTS) is 1. The number of aliphatic carboxylic acids is 1. The third-order valence-corrected chi connectivity index (χ3v) is 10.3. The van der Waals surface area contributed by atoms with Gasteiger partial charge in [0, 0.05) is 31.8 Å². The fourth-order valence-electron chi connectivity index (χ4n) is 7.62. The van der Waals surface area contributed by atoms with Crippen LogP contribution in [0.25, 0.3) is 11.3 Å². The van der Waals surface area contributed by atoms with E-state index in [1.165, 1.54) is 22.3 Å². The molecule has 3 atom stereocenters. The Morgan fingerprint density at radius 1 is 1.02 bits per heavy atom. The number of carbonyl (C=O) groups is 1. The van der Waals surface area contributed by atoms with Crippen LogP contribution in [-0.2, 0) is 33.7 Å². The van der Waals surface area contributed by atoms with Crippen LogP contribution in [0.1, 0.15) is 47.1 Å². The first kappa shape index (κ1) is 29.3. The molecule has 2 aromatic carbocycles. The molecule has 5 heterocycles. The summed E-state index contributed by atoms with van der Waals surface area (Å²) in [6.07, 6.45) is 4.22. The van der Waals surface area contributed by atoms with Crippen LogP contribution < -0.4 is 9.64 Å². The third kappa shape index (κ3) is 5.59. The normalized spacial score (nSPS) is 24.1. The van der Waals surface area contributed by atoms with Gasteiger partial charge in [-0.1, -0.05) is 30.3 Å².